The Bertz CT molecular complexity index is 1010. The Hall–Kier alpha value is -3.60. The van der Waals surface area contributed by atoms with Gasteiger partial charge in [-0.15, -0.1) is 0 Å². The number of para-hydroxylation sites is 2. The van der Waals surface area contributed by atoms with Gasteiger partial charge in [0.1, 0.15) is 11.8 Å². The van der Waals surface area contributed by atoms with E-state index in [1.54, 1.807) is 37.4 Å². The number of ketones is 1. The van der Waals surface area contributed by atoms with E-state index in [-0.39, 0.29) is 12.2 Å². The van der Waals surface area contributed by atoms with Crippen molar-refractivity contribution in [2.45, 2.75) is 19.0 Å². The zero-order chi connectivity index (χ0) is 20.2. The number of rotatable bonds is 6. The Morgan fingerprint density at radius 1 is 0.966 bits per heavy atom. The molecule has 0 N–H and O–H groups in total. The van der Waals surface area contributed by atoms with Gasteiger partial charge in [-0.1, -0.05) is 42.5 Å². The first kappa shape index (κ1) is 18.7. The Labute approximate surface area is 169 Å². The van der Waals surface area contributed by atoms with E-state index in [2.05, 4.69) is 0 Å². The number of nitrogens with zero attached hydrogens (tertiary/aromatic N) is 1. The topological polar surface area (TPSA) is 55.8 Å². The molecule has 0 saturated heterocycles. The van der Waals surface area contributed by atoms with Crippen LogP contribution in [0.25, 0.3) is 0 Å². The first-order chi connectivity index (χ1) is 14.2. The summed E-state index contributed by atoms with van der Waals surface area (Å²) in [5.74, 6) is 0.661. The Morgan fingerprint density at radius 2 is 1.66 bits per heavy atom. The summed E-state index contributed by atoms with van der Waals surface area (Å²) in [7, 11) is 1.58. The zero-order valence-electron chi connectivity index (χ0n) is 16.1. The molecule has 1 aliphatic heterocycles. The number of carbonyl (C=O) groups is 2. The van der Waals surface area contributed by atoms with Gasteiger partial charge in [-0.3, -0.25) is 4.79 Å². The number of hydrogen-bond donors (Lipinski definition) is 0. The van der Waals surface area contributed by atoms with Crippen LogP contribution in [0.5, 0.6) is 11.5 Å². The van der Waals surface area contributed by atoms with E-state index in [1.807, 2.05) is 53.4 Å². The van der Waals surface area contributed by atoms with Gasteiger partial charge in [0.15, 0.2) is 11.5 Å². The van der Waals surface area contributed by atoms with Crippen molar-refractivity contribution < 1.29 is 19.1 Å². The van der Waals surface area contributed by atoms with E-state index < -0.39 is 12.0 Å². The molecule has 0 spiro atoms. The Morgan fingerprint density at radius 3 is 2.38 bits per heavy atom. The number of Topliss-reactive ketones (excluding diaryl/α,β-unsaturated/α-hetero) is 1. The third-order valence-corrected chi connectivity index (χ3v) is 5.02. The highest BCUT2D eigenvalue weighted by molar-refractivity contribution is 6.01. The second kappa shape index (κ2) is 8.19. The quantitative estimate of drug-likeness (QED) is 0.359. The molecule has 1 unspecified atom stereocenters. The molecule has 0 radical (unpaired) electrons. The number of carbonyl (C=O) groups excluding carboxylic acids is 2. The molecule has 0 aliphatic carbocycles. The molecular formula is C24H21NO4. The molecular weight excluding hydrogens is 366 g/mol. The lowest BCUT2D eigenvalue weighted by molar-refractivity contribution is -0.136. The van der Waals surface area contributed by atoms with Gasteiger partial charge in [-0.25, -0.2) is 4.79 Å². The van der Waals surface area contributed by atoms with E-state index >= 15 is 0 Å². The number of methoxy groups -OCH3 is 1. The standard InChI is InChI=1S/C24H21NO4/c1-28-19-13-11-18(12-14-19)22(26)15-21-24(27)29-23-10-6-5-9-20(23)25(21)16-17-7-3-2-4-8-17/h2-14,21H,15-16H2,1H3. The van der Waals surface area contributed by atoms with Gasteiger partial charge in [-0.05, 0) is 42.0 Å². The summed E-state index contributed by atoms with van der Waals surface area (Å²) < 4.78 is 10.7. The molecule has 4 rings (SSSR count). The molecule has 29 heavy (non-hydrogen) atoms. The van der Waals surface area contributed by atoms with Gasteiger partial charge < -0.3 is 14.4 Å². The predicted octanol–water partition coefficient (Wildman–Crippen LogP) is 4.26. The van der Waals surface area contributed by atoms with Crippen LogP contribution in [0.4, 0.5) is 5.69 Å². The van der Waals surface area contributed by atoms with Gasteiger partial charge in [0.05, 0.1) is 12.8 Å². The van der Waals surface area contributed by atoms with Crippen LogP contribution in [0, 0.1) is 0 Å². The van der Waals surface area contributed by atoms with Crippen LogP contribution >= 0.6 is 0 Å². The van der Waals surface area contributed by atoms with Crippen molar-refractivity contribution in [2.24, 2.45) is 0 Å². The average Bonchev–Trinajstić information content (AvgIpc) is 2.76. The van der Waals surface area contributed by atoms with Crippen molar-refractivity contribution in [2.75, 3.05) is 12.0 Å². The van der Waals surface area contributed by atoms with Crippen LogP contribution in [0.1, 0.15) is 22.3 Å². The number of esters is 1. The first-order valence-electron chi connectivity index (χ1n) is 9.44. The zero-order valence-corrected chi connectivity index (χ0v) is 16.1. The average molecular weight is 387 g/mol. The van der Waals surface area contributed by atoms with Crippen molar-refractivity contribution in [3.63, 3.8) is 0 Å². The summed E-state index contributed by atoms with van der Waals surface area (Å²) >= 11 is 0. The maximum atomic E-state index is 12.9. The van der Waals surface area contributed by atoms with Crippen LogP contribution < -0.4 is 14.4 Å². The molecule has 0 bridgehead atoms. The summed E-state index contributed by atoms with van der Waals surface area (Å²) in [4.78, 5) is 27.6. The second-order valence-corrected chi connectivity index (χ2v) is 6.87. The fraction of sp³-hybridized carbons (Fsp3) is 0.167. The van der Waals surface area contributed by atoms with Crippen molar-refractivity contribution in [3.05, 3.63) is 90.0 Å². The number of ether oxygens (including phenoxy) is 2. The molecule has 0 fully saturated rings. The van der Waals surface area contributed by atoms with E-state index in [1.165, 1.54) is 0 Å². The van der Waals surface area contributed by atoms with Crippen LogP contribution in [-0.4, -0.2) is 24.9 Å². The molecule has 146 valence electrons. The summed E-state index contributed by atoms with van der Waals surface area (Å²) in [6, 6.07) is 23.5. The van der Waals surface area contributed by atoms with Crippen LogP contribution in [0.2, 0.25) is 0 Å². The highest BCUT2D eigenvalue weighted by Gasteiger charge is 2.36. The molecule has 1 heterocycles. The molecule has 3 aromatic rings. The number of anilines is 1. The minimum absolute atomic E-state index is 0.0341. The van der Waals surface area contributed by atoms with Gasteiger partial charge in [-0.2, -0.15) is 0 Å². The summed E-state index contributed by atoms with van der Waals surface area (Å²) in [5.41, 5.74) is 2.40. The molecule has 5 nitrogen and oxygen atoms in total. The van der Waals surface area contributed by atoms with Crippen molar-refractivity contribution >= 4 is 17.4 Å². The van der Waals surface area contributed by atoms with Gasteiger partial charge in [0.25, 0.3) is 0 Å². The Kier molecular flexibility index (Phi) is 5.29. The first-order valence-corrected chi connectivity index (χ1v) is 9.44. The van der Waals surface area contributed by atoms with Crippen molar-refractivity contribution in [3.8, 4) is 11.5 Å². The SMILES string of the molecule is COc1ccc(C(=O)CC2C(=O)Oc3ccccc3N2Cc2ccccc2)cc1. The molecule has 0 amide bonds. The minimum atomic E-state index is -0.695. The lowest BCUT2D eigenvalue weighted by Crippen LogP contribution is -2.47. The fourth-order valence-electron chi connectivity index (χ4n) is 3.49. The lowest BCUT2D eigenvalue weighted by atomic mass is 10.00. The summed E-state index contributed by atoms with van der Waals surface area (Å²) in [5, 5.41) is 0. The fourth-order valence-corrected chi connectivity index (χ4v) is 3.49. The largest absolute Gasteiger partial charge is 0.497 e. The van der Waals surface area contributed by atoms with Gasteiger partial charge in [0, 0.05) is 18.5 Å². The van der Waals surface area contributed by atoms with Crippen molar-refractivity contribution in [1.82, 2.24) is 0 Å². The maximum Gasteiger partial charge on any atom is 0.334 e. The molecule has 5 heteroatoms. The number of benzene rings is 3. The molecule has 1 atom stereocenters. The summed E-state index contributed by atoms with van der Waals surface area (Å²) in [6.07, 6.45) is 0.0341. The summed E-state index contributed by atoms with van der Waals surface area (Å²) in [6.45, 7) is 0.507. The highest BCUT2D eigenvalue weighted by Crippen LogP contribution is 2.36. The monoisotopic (exact) mass is 387 g/mol. The van der Waals surface area contributed by atoms with E-state index in [0.717, 1.165) is 11.3 Å². The Balaban J connectivity index is 1.63. The molecule has 3 aromatic carbocycles. The van der Waals surface area contributed by atoms with Gasteiger partial charge in [0.2, 0.25) is 0 Å². The minimum Gasteiger partial charge on any atom is -0.497 e. The van der Waals surface area contributed by atoms with E-state index in [0.29, 0.717) is 23.6 Å². The number of fused-ring (bicyclic) bond motifs is 1. The normalized spacial score (nSPS) is 15.4. The van der Waals surface area contributed by atoms with Crippen LogP contribution in [-0.2, 0) is 11.3 Å². The smallest absolute Gasteiger partial charge is 0.334 e. The lowest BCUT2D eigenvalue weighted by Gasteiger charge is -2.36. The van der Waals surface area contributed by atoms with Crippen LogP contribution in [0.3, 0.4) is 0 Å². The van der Waals surface area contributed by atoms with Gasteiger partial charge >= 0.3 is 5.97 Å². The third kappa shape index (κ3) is 3.99. The molecule has 0 saturated carbocycles. The predicted molar refractivity (Wildman–Crippen MR) is 110 cm³/mol. The molecule has 0 aromatic heterocycles. The second-order valence-electron chi connectivity index (χ2n) is 6.87. The van der Waals surface area contributed by atoms with E-state index in [4.69, 9.17) is 9.47 Å². The third-order valence-electron chi connectivity index (χ3n) is 5.02. The van der Waals surface area contributed by atoms with E-state index in [9.17, 15) is 9.59 Å². The number of hydrogen-bond acceptors (Lipinski definition) is 5. The van der Waals surface area contributed by atoms with Crippen molar-refractivity contribution in [1.29, 1.82) is 0 Å². The van der Waals surface area contributed by atoms with Crippen LogP contribution in [0.15, 0.2) is 78.9 Å². The maximum absolute atomic E-state index is 12.9. The highest BCUT2D eigenvalue weighted by atomic mass is 16.5. The molecule has 1 aliphatic rings.